The topological polar surface area (TPSA) is 40.1 Å². The molecule has 4 heteroatoms. The third kappa shape index (κ3) is 4.09. The minimum absolute atomic E-state index is 0. The van der Waals surface area contributed by atoms with Gasteiger partial charge in [-0.1, -0.05) is 26.0 Å². The van der Waals surface area contributed by atoms with Crippen LogP contribution >= 0.6 is 0 Å². The Balaban J connectivity index is 0.00000144. The predicted molar refractivity (Wildman–Crippen MR) is 53.5 cm³/mol. The van der Waals surface area contributed by atoms with E-state index >= 15 is 0 Å². The van der Waals surface area contributed by atoms with E-state index in [-0.39, 0.29) is 37.7 Å². The first-order valence-electron chi connectivity index (χ1n) is 3.80. The van der Waals surface area contributed by atoms with Crippen molar-refractivity contribution in [3.05, 3.63) is 29.8 Å². The number of hydrogen-bond donors (Lipinski definition) is 0. The summed E-state index contributed by atoms with van der Waals surface area (Å²) in [6, 6.07) is 6.99. The molecule has 0 radical (unpaired) electrons. The Labute approximate surface area is 111 Å². The summed E-state index contributed by atoms with van der Waals surface area (Å²) >= 11 is -2.11. The van der Waals surface area contributed by atoms with Gasteiger partial charge < -0.3 is 4.55 Å². The van der Waals surface area contributed by atoms with Crippen molar-refractivity contribution >= 4 is 48.8 Å². The maximum atomic E-state index is 10.6. The Hall–Kier alpha value is 0.590. The van der Waals surface area contributed by atoms with Gasteiger partial charge in [0.1, 0.15) is 0 Å². The molecule has 1 aromatic carbocycles. The molecule has 0 saturated heterocycles. The second kappa shape index (κ2) is 6.14. The molecule has 0 aromatic heterocycles. The summed E-state index contributed by atoms with van der Waals surface area (Å²) in [6.07, 6.45) is 0. The van der Waals surface area contributed by atoms with Gasteiger partial charge in [0.2, 0.25) is 0 Å². The Kier molecular flexibility index (Phi) is 6.42. The second-order valence-electron chi connectivity index (χ2n) is 2.96. The number of benzene rings is 1. The summed E-state index contributed by atoms with van der Waals surface area (Å²) in [5.41, 5.74) is 1.05. The minimum Gasteiger partial charge on any atom is -0.768 e. The van der Waals surface area contributed by atoms with Crippen LogP contribution in [0.3, 0.4) is 0 Å². The van der Waals surface area contributed by atoms with E-state index in [1.807, 2.05) is 19.9 Å². The molecule has 0 fully saturated rings. The van der Waals surface area contributed by atoms with Gasteiger partial charge in [0, 0.05) is 4.90 Å². The summed E-state index contributed by atoms with van der Waals surface area (Å²) in [4.78, 5) is 0.362. The Morgan fingerprint density at radius 1 is 1.38 bits per heavy atom. The van der Waals surface area contributed by atoms with Gasteiger partial charge in [0.15, 0.2) is 0 Å². The first kappa shape index (κ1) is 13.6. The third-order valence-electron chi connectivity index (χ3n) is 1.72. The molecule has 0 spiro atoms. The molecule has 2 nitrogen and oxygen atoms in total. The van der Waals surface area contributed by atoms with E-state index in [9.17, 15) is 8.76 Å². The molecule has 1 rings (SSSR count). The van der Waals surface area contributed by atoms with E-state index in [1.54, 1.807) is 18.2 Å². The van der Waals surface area contributed by atoms with Gasteiger partial charge in [-0.2, -0.15) is 0 Å². The van der Waals surface area contributed by atoms with Gasteiger partial charge in [0.05, 0.1) is 0 Å². The van der Waals surface area contributed by atoms with Crippen LogP contribution in [0, 0.1) is 0 Å². The quantitative estimate of drug-likeness (QED) is 0.565. The van der Waals surface area contributed by atoms with Crippen LogP contribution in [0.5, 0.6) is 0 Å². The summed E-state index contributed by atoms with van der Waals surface area (Å²) in [5.74, 6) is 0.369. The molecule has 13 heavy (non-hydrogen) atoms. The molecule has 0 heterocycles. The van der Waals surface area contributed by atoms with Gasteiger partial charge >= 0.3 is 37.7 Å². The van der Waals surface area contributed by atoms with Crippen LogP contribution in [-0.2, 0) is 11.1 Å². The SMILES string of the molecule is CC(C)c1cccc(S(=O)[O-])c1.[Ca+2]. The van der Waals surface area contributed by atoms with Crippen molar-refractivity contribution in [2.75, 3.05) is 0 Å². The molecule has 0 aliphatic heterocycles. The van der Waals surface area contributed by atoms with Crippen LogP contribution < -0.4 is 0 Å². The van der Waals surface area contributed by atoms with Gasteiger partial charge in [0.25, 0.3) is 0 Å². The average Bonchev–Trinajstić information content (AvgIpc) is 2.04. The standard InChI is InChI=1S/C9H12O2S.Ca/c1-7(2)8-4-3-5-9(6-8)12(10)11;/h3-7H,1-2H3,(H,10,11);/q;+2/p-1. The molecule has 0 bridgehead atoms. The molecular formula is C9H11CaO2S+. The van der Waals surface area contributed by atoms with Crippen LogP contribution in [0.4, 0.5) is 0 Å². The van der Waals surface area contributed by atoms with Crippen LogP contribution in [0.15, 0.2) is 29.2 Å². The predicted octanol–water partition coefficient (Wildman–Crippen LogP) is 1.67. The fourth-order valence-corrected chi connectivity index (χ4v) is 1.40. The molecule has 0 N–H and O–H groups in total. The maximum Gasteiger partial charge on any atom is 2.00 e. The third-order valence-corrected chi connectivity index (χ3v) is 2.36. The summed E-state index contributed by atoms with van der Waals surface area (Å²) in [7, 11) is 0. The fraction of sp³-hybridized carbons (Fsp3) is 0.333. The van der Waals surface area contributed by atoms with Gasteiger partial charge in [-0.05, 0) is 34.7 Å². The monoisotopic (exact) mass is 223 g/mol. The van der Waals surface area contributed by atoms with Gasteiger partial charge in [-0.25, -0.2) is 0 Å². The van der Waals surface area contributed by atoms with Crippen LogP contribution in [-0.4, -0.2) is 46.5 Å². The van der Waals surface area contributed by atoms with E-state index < -0.39 is 11.1 Å². The van der Waals surface area contributed by atoms with E-state index in [2.05, 4.69) is 0 Å². The molecule has 1 aromatic rings. The Morgan fingerprint density at radius 2 is 2.00 bits per heavy atom. The molecule has 0 saturated carbocycles. The van der Waals surface area contributed by atoms with Crippen molar-refractivity contribution in [2.24, 2.45) is 0 Å². The zero-order valence-electron chi connectivity index (χ0n) is 7.82. The summed E-state index contributed by atoms with van der Waals surface area (Å²) in [5, 5.41) is 0. The summed E-state index contributed by atoms with van der Waals surface area (Å²) < 4.78 is 21.2. The van der Waals surface area contributed by atoms with E-state index in [4.69, 9.17) is 0 Å². The molecule has 1 unspecified atom stereocenters. The molecular weight excluding hydrogens is 212 g/mol. The largest absolute Gasteiger partial charge is 2.00 e. The Bertz CT molecular complexity index is 299. The average molecular weight is 223 g/mol. The van der Waals surface area contributed by atoms with Crippen molar-refractivity contribution < 1.29 is 8.76 Å². The smallest absolute Gasteiger partial charge is 0.768 e. The molecule has 66 valence electrons. The van der Waals surface area contributed by atoms with Crippen LogP contribution in [0.1, 0.15) is 25.3 Å². The number of hydrogen-bond acceptors (Lipinski definition) is 2. The summed E-state index contributed by atoms with van der Waals surface area (Å²) in [6.45, 7) is 4.07. The number of rotatable bonds is 2. The Morgan fingerprint density at radius 3 is 2.46 bits per heavy atom. The zero-order valence-corrected chi connectivity index (χ0v) is 10.8. The minimum atomic E-state index is -2.11. The van der Waals surface area contributed by atoms with Crippen molar-refractivity contribution in [1.29, 1.82) is 0 Å². The van der Waals surface area contributed by atoms with E-state index in [0.29, 0.717) is 10.8 Å². The molecule has 1 atom stereocenters. The second-order valence-corrected chi connectivity index (χ2v) is 3.90. The zero-order chi connectivity index (χ0) is 9.14. The van der Waals surface area contributed by atoms with Gasteiger partial charge in [-0.15, -0.1) is 0 Å². The molecule has 0 aliphatic rings. The van der Waals surface area contributed by atoms with Crippen molar-refractivity contribution in [1.82, 2.24) is 0 Å². The maximum absolute atomic E-state index is 10.6. The first-order chi connectivity index (χ1) is 5.61. The molecule has 0 amide bonds. The normalized spacial score (nSPS) is 12.3. The van der Waals surface area contributed by atoms with Crippen LogP contribution in [0.2, 0.25) is 0 Å². The van der Waals surface area contributed by atoms with Gasteiger partial charge in [-0.3, -0.25) is 4.21 Å². The fourth-order valence-electron chi connectivity index (χ4n) is 0.977. The van der Waals surface area contributed by atoms with Crippen molar-refractivity contribution in [3.63, 3.8) is 0 Å². The van der Waals surface area contributed by atoms with E-state index in [1.165, 1.54) is 0 Å². The van der Waals surface area contributed by atoms with Crippen LogP contribution in [0.25, 0.3) is 0 Å². The van der Waals surface area contributed by atoms with Crippen molar-refractivity contribution in [2.45, 2.75) is 24.7 Å². The van der Waals surface area contributed by atoms with Crippen molar-refractivity contribution in [3.8, 4) is 0 Å². The molecule has 0 aliphatic carbocycles. The first-order valence-corrected chi connectivity index (χ1v) is 4.88. The van der Waals surface area contributed by atoms with E-state index in [0.717, 1.165) is 5.56 Å².